The van der Waals surface area contributed by atoms with E-state index in [1.54, 1.807) is 7.11 Å². The van der Waals surface area contributed by atoms with E-state index in [1.165, 1.54) is 4.90 Å². The van der Waals surface area contributed by atoms with Crippen molar-refractivity contribution in [1.29, 1.82) is 0 Å². The predicted octanol–water partition coefficient (Wildman–Crippen LogP) is 1.58. The van der Waals surface area contributed by atoms with Gasteiger partial charge in [-0.15, -0.1) is 0 Å². The maximum atomic E-state index is 12.4. The smallest absolute Gasteiger partial charge is 0.328 e. The van der Waals surface area contributed by atoms with Crippen LogP contribution in [0.4, 0.5) is 0 Å². The first-order valence-electron chi connectivity index (χ1n) is 7.74. The van der Waals surface area contributed by atoms with Crippen molar-refractivity contribution >= 4 is 11.9 Å². The van der Waals surface area contributed by atoms with Crippen LogP contribution in [0.25, 0.3) is 0 Å². The highest BCUT2D eigenvalue weighted by Gasteiger charge is 2.33. The van der Waals surface area contributed by atoms with Crippen LogP contribution in [0.3, 0.4) is 0 Å². The number of carboxylic acid groups (broad SMARTS) is 1. The second-order valence-electron chi connectivity index (χ2n) is 5.84. The number of benzene rings is 1. The van der Waals surface area contributed by atoms with Crippen molar-refractivity contribution in [3.05, 3.63) is 29.8 Å². The molecular formula is C17H23NO5. The Morgan fingerprint density at radius 2 is 2.17 bits per heavy atom. The van der Waals surface area contributed by atoms with Gasteiger partial charge < -0.3 is 19.5 Å². The summed E-state index contributed by atoms with van der Waals surface area (Å²) in [6, 6.07) is 6.84. The van der Waals surface area contributed by atoms with Crippen molar-refractivity contribution in [1.82, 2.24) is 4.90 Å². The number of hydrogen-bond acceptors (Lipinski definition) is 4. The van der Waals surface area contributed by atoms with Crippen LogP contribution in [0.15, 0.2) is 24.3 Å². The fourth-order valence-corrected chi connectivity index (χ4v) is 2.84. The van der Waals surface area contributed by atoms with E-state index in [-0.39, 0.29) is 18.4 Å². The topological polar surface area (TPSA) is 76.1 Å². The van der Waals surface area contributed by atoms with E-state index in [1.807, 2.05) is 31.2 Å². The van der Waals surface area contributed by atoms with E-state index in [4.69, 9.17) is 9.47 Å². The Kier molecular flexibility index (Phi) is 5.98. The molecule has 0 radical (unpaired) electrons. The molecule has 23 heavy (non-hydrogen) atoms. The van der Waals surface area contributed by atoms with Gasteiger partial charge in [-0.25, -0.2) is 4.79 Å². The molecule has 1 aliphatic rings. The summed E-state index contributed by atoms with van der Waals surface area (Å²) in [4.78, 5) is 25.1. The summed E-state index contributed by atoms with van der Waals surface area (Å²) in [5.74, 6) is -0.254. The van der Waals surface area contributed by atoms with Crippen LogP contribution in [-0.4, -0.2) is 54.8 Å². The van der Waals surface area contributed by atoms with Gasteiger partial charge in [-0.05, 0) is 24.0 Å². The lowest BCUT2D eigenvalue weighted by Crippen LogP contribution is -2.52. The highest BCUT2D eigenvalue weighted by molar-refractivity contribution is 5.84. The Morgan fingerprint density at radius 1 is 1.43 bits per heavy atom. The van der Waals surface area contributed by atoms with Crippen LogP contribution < -0.4 is 4.74 Å². The number of amides is 1. The predicted molar refractivity (Wildman–Crippen MR) is 84.4 cm³/mol. The molecule has 6 heteroatoms. The minimum Gasteiger partial charge on any atom is -0.496 e. The van der Waals surface area contributed by atoms with Gasteiger partial charge in [0.2, 0.25) is 5.91 Å². The normalized spacial score (nSPS) is 19.2. The lowest BCUT2D eigenvalue weighted by molar-refractivity contribution is -0.158. The number of rotatable bonds is 6. The summed E-state index contributed by atoms with van der Waals surface area (Å²) in [5, 5.41) is 9.20. The highest BCUT2D eigenvalue weighted by Crippen LogP contribution is 2.23. The first-order chi connectivity index (χ1) is 11.0. The quantitative estimate of drug-likeness (QED) is 0.861. The average Bonchev–Trinajstić information content (AvgIpc) is 2.55. The van der Waals surface area contributed by atoms with Gasteiger partial charge in [-0.3, -0.25) is 4.79 Å². The molecule has 1 heterocycles. The number of methoxy groups -OCH3 is 1. The average molecular weight is 321 g/mol. The molecule has 1 N–H and O–H groups in total. The number of carbonyl (C=O) groups is 2. The molecule has 1 saturated heterocycles. The van der Waals surface area contributed by atoms with Gasteiger partial charge in [-0.2, -0.15) is 0 Å². The first-order valence-corrected chi connectivity index (χ1v) is 7.74. The third-order valence-electron chi connectivity index (χ3n) is 4.02. The molecule has 2 rings (SSSR count). The van der Waals surface area contributed by atoms with Crippen molar-refractivity contribution in [2.75, 3.05) is 26.9 Å². The van der Waals surface area contributed by atoms with Crippen LogP contribution in [0.2, 0.25) is 0 Å². The number of aliphatic carboxylic acids is 1. The lowest BCUT2D eigenvalue weighted by Gasteiger charge is -2.33. The SMILES string of the molecule is COc1ccccc1C[C@H](C)CC(=O)N1CCOC[C@@H]1C(=O)O. The fourth-order valence-electron chi connectivity index (χ4n) is 2.84. The summed E-state index contributed by atoms with van der Waals surface area (Å²) in [7, 11) is 1.62. The van der Waals surface area contributed by atoms with Crippen LogP contribution in [-0.2, 0) is 20.7 Å². The molecule has 1 fully saturated rings. The monoisotopic (exact) mass is 321 g/mol. The van der Waals surface area contributed by atoms with Crippen molar-refractivity contribution in [2.24, 2.45) is 5.92 Å². The van der Waals surface area contributed by atoms with Crippen molar-refractivity contribution in [2.45, 2.75) is 25.8 Å². The Bertz CT molecular complexity index is 560. The zero-order valence-corrected chi connectivity index (χ0v) is 13.5. The first kappa shape index (κ1) is 17.3. The molecule has 6 nitrogen and oxygen atoms in total. The van der Waals surface area contributed by atoms with Gasteiger partial charge in [0.1, 0.15) is 5.75 Å². The molecule has 126 valence electrons. The summed E-state index contributed by atoms with van der Waals surface area (Å²) >= 11 is 0. The summed E-state index contributed by atoms with van der Waals surface area (Å²) < 4.78 is 10.5. The standard InChI is InChI=1S/C17H23NO5/c1-12(9-13-5-3-4-6-15(13)22-2)10-16(19)18-7-8-23-11-14(18)17(20)21/h3-6,12,14H,7-11H2,1-2H3,(H,20,21)/t12-,14+/m0/s1. The zero-order valence-electron chi connectivity index (χ0n) is 13.5. The molecule has 1 aromatic rings. The summed E-state index contributed by atoms with van der Waals surface area (Å²) in [6.07, 6.45) is 1.01. The maximum absolute atomic E-state index is 12.4. The Morgan fingerprint density at radius 3 is 2.87 bits per heavy atom. The molecule has 2 atom stereocenters. The third-order valence-corrected chi connectivity index (χ3v) is 4.02. The number of morpholine rings is 1. The molecule has 0 unspecified atom stereocenters. The number of hydrogen-bond donors (Lipinski definition) is 1. The van der Waals surface area contributed by atoms with Gasteiger partial charge >= 0.3 is 5.97 Å². The molecule has 0 saturated carbocycles. The molecule has 0 aromatic heterocycles. The number of para-hydroxylation sites is 1. The molecular weight excluding hydrogens is 298 g/mol. The Hall–Kier alpha value is -2.08. The molecule has 0 bridgehead atoms. The summed E-state index contributed by atoms with van der Waals surface area (Å²) in [6.45, 7) is 2.76. The molecule has 1 aliphatic heterocycles. The van der Waals surface area contributed by atoms with Gasteiger partial charge in [0, 0.05) is 13.0 Å². The van der Waals surface area contributed by atoms with Crippen LogP contribution in [0, 0.1) is 5.92 Å². The second kappa shape index (κ2) is 7.97. The highest BCUT2D eigenvalue weighted by atomic mass is 16.5. The van der Waals surface area contributed by atoms with Gasteiger partial charge in [0.05, 0.1) is 20.3 Å². The van der Waals surface area contributed by atoms with E-state index in [0.717, 1.165) is 11.3 Å². The largest absolute Gasteiger partial charge is 0.496 e. The minimum atomic E-state index is -1.02. The van der Waals surface area contributed by atoms with E-state index in [0.29, 0.717) is 26.0 Å². The molecule has 1 amide bonds. The molecule has 0 aliphatic carbocycles. The number of carbonyl (C=O) groups excluding carboxylic acids is 1. The van der Waals surface area contributed by atoms with E-state index >= 15 is 0 Å². The van der Waals surface area contributed by atoms with Crippen molar-refractivity contribution in [3.8, 4) is 5.75 Å². The fraction of sp³-hybridized carbons (Fsp3) is 0.529. The van der Waals surface area contributed by atoms with Crippen LogP contribution in [0.1, 0.15) is 18.9 Å². The van der Waals surface area contributed by atoms with Gasteiger partial charge in [-0.1, -0.05) is 25.1 Å². The van der Waals surface area contributed by atoms with Crippen LogP contribution in [0.5, 0.6) is 5.75 Å². The third kappa shape index (κ3) is 4.45. The number of nitrogens with zero attached hydrogens (tertiary/aromatic N) is 1. The van der Waals surface area contributed by atoms with Crippen LogP contribution >= 0.6 is 0 Å². The number of ether oxygens (including phenoxy) is 2. The zero-order chi connectivity index (χ0) is 16.8. The van der Waals surface area contributed by atoms with E-state index < -0.39 is 12.0 Å². The Labute approximate surface area is 136 Å². The number of carboxylic acids is 1. The van der Waals surface area contributed by atoms with E-state index in [9.17, 15) is 14.7 Å². The second-order valence-corrected chi connectivity index (χ2v) is 5.84. The maximum Gasteiger partial charge on any atom is 0.328 e. The van der Waals surface area contributed by atoms with Crippen molar-refractivity contribution in [3.63, 3.8) is 0 Å². The van der Waals surface area contributed by atoms with Gasteiger partial charge in [0.15, 0.2) is 6.04 Å². The van der Waals surface area contributed by atoms with E-state index in [2.05, 4.69) is 0 Å². The summed E-state index contributed by atoms with van der Waals surface area (Å²) in [5.41, 5.74) is 1.05. The lowest BCUT2D eigenvalue weighted by atomic mass is 9.96. The minimum absolute atomic E-state index is 0.0575. The van der Waals surface area contributed by atoms with Gasteiger partial charge in [0.25, 0.3) is 0 Å². The Balaban J connectivity index is 1.97. The molecule has 1 aromatic carbocycles. The van der Waals surface area contributed by atoms with Crippen molar-refractivity contribution < 1.29 is 24.2 Å². The molecule has 0 spiro atoms.